The maximum atomic E-state index is 13.9. The number of ether oxygens (including phenoxy) is 1. The van der Waals surface area contributed by atoms with Crippen molar-refractivity contribution in [3.63, 3.8) is 0 Å². The van der Waals surface area contributed by atoms with Crippen LogP contribution in [-0.2, 0) is 22.9 Å². The number of hydrogen-bond acceptors (Lipinski definition) is 6. The Morgan fingerprint density at radius 1 is 1.03 bits per heavy atom. The number of unbranched alkanes of at least 4 members (excludes halogenated alkanes) is 2. The largest absolute Gasteiger partial charge is 0.500 e. The summed E-state index contributed by atoms with van der Waals surface area (Å²) in [6.07, 6.45) is 4.47. The third kappa shape index (κ3) is 9.62. The summed E-state index contributed by atoms with van der Waals surface area (Å²) in [4.78, 5) is 22.6. The highest BCUT2D eigenvalue weighted by Crippen LogP contribution is 2.22. The van der Waals surface area contributed by atoms with Crippen molar-refractivity contribution in [1.82, 2.24) is 0 Å². The number of carboxylic acids is 1. The molecule has 0 heterocycles. The molecule has 1 rings (SSSR count). The van der Waals surface area contributed by atoms with Gasteiger partial charge in [0.1, 0.15) is 0 Å². The number of carbonyl (C=O) groups excluding carboxylic acids is 1. The maximum Gasteiger partial charge on any atom is 0.500 e. The zero-order valence-corrected chi connectivity index (χ0v) is 18.8. The summed E-state index contributed by atoms with van der Waals surface area (Å²) >= 11 is 0. The van der Waals surface area contributed by atoms with Crippen molar-refractivity contribution >= 4 is 26.8 Å². The zero-order chi connectivity index (χ0) is 22.4. The monoisotopic (exact) mass is 442 g/mol. The topological polar surface area (TPSA) is 91.3 Å². The summed E-state index contributed by atoms with van der Waals surface area (Å²) in [7, 11) is -2.68. The molecule has 0 saturated carbocycles. The fourth-order valence-corrected chi connectivity index (χ4v) is 5.52. The third-order valence-corrected chi connectivity index (χ3v) is 7.21. The second-order valence-corrected chi connectivity index (χ2v) is 9.11. The molecule has 1 aromatic rings. The molecule has 9 heteroatoms. The van der Waals surface area contributed by atoms with Crippen molar-refractivity contribution in [2.45, 2.75) is 52.5 Å². The average Bonchev–Trinajstić information content (AvgIpc) is 2.69. The van der Waals surface area contributed by atoms with Crippen LogP contribution in [0.3, 0.4) is 0 Å². The number of carbonyl (C=O) groups is 2. The lowest BCUT2D eigenvalue weighted by molar-refractivity contribution is -0.135. The lowest BCUT2D eigenvalue weighted by Gasteiger charge is -2.28. The number of rotatable bonds is 15. The van der Waals surface area contributed by atoms with Crippen LogP contribution < -0.4 is 4.74 Å². The first-order valence-corrected chi connectivity index (χ1v) is 12.1. The van der Waals surface area contributed by atoms with E-state index >= 15 is 0 Å². The van der Waals surface area contributed by atoms with E-state index in [9.17, 15) is 14.0 Å². The lowest BCUT2D eigenvalue weighted by Crippen LogP contribution is -2.45. The Balaban J connectivity index is 2.50. The summed E-state index contributed by atoms with van der Waals surface area (Å²) in [6.45, 7) is 7.27. The van der Waals surface area contributed by atoms with E-state index in [-0.39, 0.29) is 12.2 Å². The number of benzene rings is 1. The van der Waals surface area contributed by atoms with Gasteiger partial charge in [0.25, 0.3) is 0 Å². The maximum absolute atomic E-state index is 13.9. The van der Waals surface area contributed by atoms with Gasteiger partial charge in [0, 0.05) is 38.4 Å². The van der Waals surface area contributed by atoms with Crippen LogP contribution in [0.2, 0.25) is 6.04 Å². The van der Waals surface area contributed by atoms with Gasteiger partial charge in [-0.3, -0.25) is 4.79 Å². The number of hydrogen-bond donors (Lipinski definition) is 1. The molecule has 0 aliphatic heterocycles. The van der Waals surface area contributed by atoms with Crippen LogP contribution in [0.4, 0.5) is 4.39 Å². The van der Waals surface area contributed by atoms with E-state index in [1.807, 2.05) is 20.8 Å². The van der Waals surface area contributed by atoms with Crippen molar-refractivity contribution in [3.05, 3.63) is 35.7 Å². The molecule has 7 nitrogen and oxygen atoms in total. The summed E-state index contributed by atoms with van der Waals surface area (Å²) in [5, 5.41) is 8.66. The number of halogens is 1. The first-order chi connectivity index (χ1) is 14.4. The molecule has 0 unspecified atom stereocenters. The van der Waals surface area contributed by atoms with Crippen LogP contribution in [0.5, 0.6) is 5.75 Å². The highest BCUT2D eigenvalue weighted by atomic mass is 28.4. The van der Waals surface area contributed by atoms with E-state index in [0.29, 0.717) is 37.8 Å². The molecule has 30 heavy (non-hydrogen) atoms. The Labute approximate surface area is 178 Å². The third-order valence-electron chi connectivity index (χ3n) is 4.05. The van der Waals surface area contributed by atoms with Crippen molar-refractivity contribution in [3.8, 4) is 5.75 Å². The lowest BCUT2D eigenvalue weighted by atomic mass is 10.2. The second kappa shape index (κ2) is 14.0. The quantitative estimate of drug-likeness (QED) is 0.141. The number of esters is 1. The first kappa shape index (κ1) is 26.0. The van der Waals surface area contributed by atoms with Crippen LogP contribution in [0.1, 0.15) is 52.0 Å². The van der Waals surface area contributed by atoms with Crippen molar-refractivity contribution in [2.24, 2.45) is 0 Å². The predicted octanol–water partition coefficient (Wildman–Crippen LogP) is 4.44. The number of carboxylic acid groups (broad SMARTS) is 1. The van der Waals surface area contributed by atoms with Crippen molar-refractivity contribution < 1.29 is 37.1 Å². The zero-order valence-electron chi connectivity index (χ0n) is 17.8. The SMILES string of the molecule is CCO[Si](CCCCCC(=O)Oc1cc(C=CC(=O)O)ccc1F)(OCC)OCC. The molecule has 0 radical (unpaired) electrons. The van der Waals surface area contributed by atoms with Gasteiger partial charge in [-0.2, -0.15) is 0 Å². The Bertz CT molecular complexity index is 692. The highest BCUT2D eigenvalue weighted by Gasteiger charge is 2.39. The summed E-state index contributed by atoms with van der Waals surface area (Å²) in [5.74, 6) is -2.57. The van der Waals surface area contributed by atoms with E-state index in [0.717, 1.165) is 25.0 Å². The summed E-state index contributed by atoms with van der Waals surface area (Å²) in [6, 6.07) is 4.49. The van der Waals surface area contributed by atoms with Gasteiger partial charge in [0.05, 0.1) is 0 Å². The van der Waals surface area contributed by atoms with Gasteiger partial charge >= 0.3 is 20.7 Å². The molecule has 0 spiro atoms. The molecular formula is C21H31FO7Si. The molecule has 0 fully saturated rings. The Morgan fingerprint density at radius 2 is 1.67 bits per heavy atom. The molecule has 0 bridgehead atoms. The molecule has 0 saturated heterocycles. The van der Waals surface area contributed by atoms with Gasteiger partial charge in [-0.1, -0.05) is 12.5 Å². The van der Waals surface area contributed by atoms with Crippen LogP contribution in [-0.4, -0.2) is 45.7 Å². The van der Waals surface area contributed by atoms with Crippen molar-refractivity contribution in [2.75, 3.05) is 19.8 Å². The van der Waals surface area contributed by atoms with E-state index < -0.39 is 26.6 Å². The molecule has 1 N–H and O–H groups in total. The molecular weight excluding hydrogens is 411 g/mol. The van der Waals surface area contributed by atoms with Crippen LogP contribution in [0.25, 0.3) is 6.08 Å². The van der Waals surface area contributed by atoms with E-state index in [2.05, 4.69) is 0 Å². The smallest absolute Gasteiger partial charge is 0.478 e. The van der Waals surface area contributed by atoms with Gasteiger partial charge < -0.3 is 23.1 Å². The minimum absolute atomic E-state index is 0.140. The molecule has 168 valence electrons. The van der Waals surface area contributed by atoms with Crippen LogP contribution >= 0.6 is 0 Å². The summed E-state index contributed by atoms with van der Waals surface area (Å²) < 4.78 is 36.3. The molecule has 0 aromatic heterocycles. The Hall–Kier alpha value is -2.07. The molecule has 0 amide bonds. The average molecular weight is 443 g/mol. The molecule has 0 aliphatic carbocycles. The van der Waals surface area contributed by atoms with Crippen LogP contribution in [0, 0.1) is 5.82 Å². The Kier molecular flexibility index (Phi) is 12.1. The van der Waals surface area contributed by atoms with Gasteiger partial charge in [0.2, 0.25) is 0 Å². The molecule has 0 atom stereocenters. The predicted molar refractivity (Wildman–Crippen MR) is 113 cm³/mol. The van der Waals surface area contributed by atoms with Gasteiger partial charge in [-0.25, -0.2) is 9.18 Å². The van der Waals surface area contributed by atoms with Gasteiger partial charge in [0.15, 0.2) is 11.6 Å². The Morgan fingerprint density at radius 3 is 2.23 bits per heavy atom. The van der Waals surface area contributed by atoms with E-state index in [1.165, 1.54) is 18.2 Å². The second-order valence-electron chi connectivity index (χ2n) is 6.38. The summed E-state index contributed by atoms with van der Waals surface area (Å²) in [5.41, 5.74) is 0.422. The highest BCUT2D eigenvalue weighted by molar-refractivity contribution is 6.60. The molecule has 1 aromatic carbocycles. The first-order valence-electron chi connectivity index (χ1n) is 10.2. The van der Waals surface area contributed by atoms with Gasteiger partial charge in [-0.15, -0.1) is 0 Å². The van der Waals surface area contributed by atoms with E-state index in [1.54, 1.807) is 0 Å². The van der Waals surface area contributed by atoms with Crippen molar-refractivity contribution in [1.29, 1.82) is 0 Å². The normalized spacial score (nSPS) is 11.7. The minimum atomic E-state index is -2.68. The number of aliphatic carboxylic acids is 1. The van der Waals surface area contributed by atoms with Gasteiger partial charge in [-0.05, 0) is 57.4 Å². The fraction of sp³-hybridized carbons (Fsp3) is 0.524. The standard InChI is InChI=1S/C21H31FO7Si/c1-4-26-30(27-5-2,28-6-3)15-9-7-8-10-21(25)29-19-16-17(11-13-18(19)22)12-14-20(23)24/h11-14,16H,4-10,15H2,1-3H3,(H,23,24). The van der Waals surface area contributed by atoms with Crippen LogP contribution in [0.15, 0.2) is 24.3 Å². The molecule has 0 aliphatic rings. The van der Waals surface area contributed by atoms with E-state index in [4.69, 9.17) is 23.1 Å². The minimum Gasteiger partial charge on any atom is -0.478 e. The fourth-order valence-electron chi connectivity index (χ4n) is 2.83.